The average molecular weight is 296 g/mol. The van der Waals surface area contributed by atoms with Crippen LogP contribution in [0.2, 0.25) is 0 Å². The van der Waals surface area contributed by atoms with Crippen LogP contribution in [0.15, 0.2) is 22.7 Å². The highest BCUT2D eigenvalue weighted by Crippen LogP contribution is 2.19. The van der Waals surface area contributed by atoms with Crippen molar-refractivity contribution in [2.24, 2.45) is 7.05 Å². The second kappa shape index (κ2) is 6.21. The number of aromatic nitrogens is 3. The van der Waals surface area contributed by atoms with Crippen molar-refractivity contribution in [1.82, 2.24) is 20.1 Å². The zero-order valence-electron chi connectivity index (χ0n) is 11.1. The van der Waals surface area contributed by atoms with Crippen LogP contribution < -0.4 is 5.32 Å². The lowest BCUT2D eigenvalue weighted by atomic mass is 10.3. The Hall–Kier alpha value is -1.34. The third kappa shape index (κ3) is 3.57. The van der Waals surface area contributed by atoms with Gasteiger partial charge >= 0.3 is 0 Å². The normalized spacial score (nSPS) is 12.4. The van der Waals surface area contributed by atoms with Crippen LogP contribution in [0.5, 0.6) is 0 Å². The van der Waals surface area contributed by atoms with Gasteiger partial charge < -0.3 is 9.88 Å². The number of amides is 1. The molecule has 7 heteroatoms. The number of carbonyl (C=O) groups is 1. The minimum atomic E-state index is 0.00607. The second-order valence-electron chi connectivity index (χ2n) is 4.18. The minimum absolute atomic E-state index is 0.00607. The molecule has 0 bridgehead atoms. The molecule has 0 fully saturated rings. The number of thiophene rings is 1. The van der Waals surface area contributed by atoms with Gasteiger partial charge in [-0.3, -0.25) is 4.79 Å². The molecule has 0 aliphatic carbocycles. The lowest BCUT2D eigenvalue weighted by Gasteiger charge is -2.11. The molecule has 1 amide bonds. The van der Waals surface area contributed by atoms with Crippen LogP contribution in [0.3, 0.4) is 0 Å². The molecule has 0 saturated carbocycles. The number of hydrogen-bond donors (Lipinski definition) is 1. The summed E-state index contributed by atoms with van der Waals surface area (Å²) in [6.45, 7) is 3.87. The van der Waals surface area contributed by atoms with E-state index in [9.17, 15) is 4.79 Å². The van der Waals surface area contributed by atoms with Gasteiger partial charge in [-0.25, -0.2) is 0 Å². The Morgan fingerprint density at radius 2 is 2.37 bits per heavy atom. The van der Waals surface area contributed by atoms with Gasteiger partial charge in [0.25, 0.3) is 0 Å². The summed E-state index contributed by atoms with van der Waals surface area (Å²) in [6.07, 6.45) is 0. The highest BCUT2D eigenvalue weighted by Gasteiger charge is 2.12. The molecule has 0 spiro atoms. The molecule has 0 aromatic carbocycles. The van der Waals surface area contributed by atoms with Gasteiger partial charge in [-0.1, -0.05) is 17.8 Å². The van der Waals surface area contributed by atoms with Crippen LogP contribution in [-0.2, 0) is 11.8 Å². The van der Waals surface area contributed by atoms with E-state index in [4.69, 9.17) is 0 Å². The number of rotatable bonds is 5. The maximum absolute atomic E-state index is 11.9. The SMILES string of the molecule is Cc1nnc(SCC(=O)N[C@H](C)c2cccs2)n1C. The lowest BCUT2D eigenvalue weighted by Crippen LogP contribution is -2.27. The van der Waals surface area contributed by atoms with Crippen LogP contribution in [0, 0.1) is 6.92 Å². The summed E-state index contributed by atoms with van der Waals surface area (Å²) >= 11 is 3.04. The molecule has 0 aliphatic heterocycles. The zero-order valence-corrected chi connectivity index (χ0v) is 12.7. The predicted octanol–water partition coefficient (Wildman–Crippen LogP) is 2.15. The lowest BCUT2D eigenvalue weighted by molar-refractivity contribution is -0.119. The van der Waals surface area contributed by atoms with Gasteiger partial charge in [0.1, 0.15) is 5.82 Å². The summed E-state index contributed by atoms with van der Waals surface area (Å²) in [7, 11) is 1.89. The van der Waals surface area contributed by atoms with Crippen molar-refractivity contribution in [2.45, 2.75) is 25.0 Å². The Labute approximate surface area is 120 Å². The summed E-state index contributed by atoms with van der Waals surface area (Å²) in [4.78, 5) is 13.0. The van der Waals surface area contributed by atoms with Gasteiger partial charge in [0, 0.05) is 11.9 Å². The summed E-state index contributed by atoms with van der Waals surface area (Å²) < 4.78 is 1.88. The summed E-state index contributed by atoms with van der Waals surface area (Å²) in [6, 6.07) is 4.06. The van der Waals surface area contributed by atoms with E-state index < -0.39 is 0 Å². The van der Waals surface area contributed by atoms with E-state index >= 15 is 0 Å². The Bertz CT molecular complexity index is 550. The Balaban J connectivity index is 1.83. The number of nitrogens with zero attached hydrogens (tertiary/aromatic N) is 3. The van der Waals surface area contributed by atoms with Crippen molar-refractivity contribution in [2.75, 3.05) is 5.75 Å². The number of carbonyl (C=O) groups excluding carboxylic acids is 1. The van der Waals surface area contributed by atoms with E-state index in [0.29, 0.717) is 5.75 Å². The third-order valence-corrected chi connectivity index (χ3v) is 4.81. The van der Waals surface area contributed by atoms with E-state index in [1.165, 1.54) is 11.8 Å². The summed E-state index contributed by atoms with van der Waals surface area (Å²) in [5.41, 5.74) is 0. The molecular formula is C12H16N4OS2. The zero-order chi connectivity index (χ0) is 13.8. The second-order valence-corrected chi connectivity index (χ2v) is 6.10. The van der Waals surface area contributed by atoms with Crippen LogP contribution in [0.1, 0.15) is 23.7 Å². The van der Waals surface area contributed by atoms with Gasteiger partial charge in [0.15, 0.2) is 5.16 Å². The molecule has 2 heterocycles. The Morgan fingerprint density at radius 3 is 2.95 bits per heavy atom. The Kier molecular flexibility index (Phi) is 4.60. The average Bonchev–Trinajstić information content (AvgIpc) is 3.00. The van der Waals surface area contributed by atoms with Gasteiger partial charge in [0.2, 0.25) is 5.91 Å². The van der Waals surface area contributed by atoms with E-state index in [1.54, 1.807) is 11.3 Å². The Morgan fingerprint density at radius 1 is 1.58 bits per heavy atom. The van der Waals surface area contributed by atoms with E-state index in [-0.39, 0.29) is 11.9 Å². The molecule has 2 aromatic heterocycles. The molecular weight excluding hydrogens is 280 g/mol. The van der Waals surface area contributed by atoms with Crippen LogP contribution in [0.25, 0.3) is 0 Å². The number of nitrogens with one attached hydrogen (secondary N) is 1. The van der Waals surface area contributed by atoms with Crippen LogP contribution in [0.4, 0.5) is 0 Å². The highest BCUT2D eigenvalue weighted by atomic mass is 32.2. The van der Waals surface area contributed by atoms with Gasteiger partial charge in [-0.15, -0.1) is 21.5 Å². The molecule has 0 aliphatic rings. The van der Waals surface area contributed by atoms with Gasteiger partial charge in [0.05, 0.1) is 11.8 Å². The maximum atomic E-state index is 11.9. The highest BCUT2D eigenvalue weighted by molar-refractivity contribution is 7.99. The van der Waals surface area contributed by atoms with E-state index in [0.717, 1.165) is 15.9 Å². The number of hydrogen-bond acceptors (Lipinski definition) is 5. The number of thioether (sulfide) groups is 1. The monoisotopic (exact) mass is 296 g/mol. The van der Waals surface area contributed by atoms with Crippen molar-refractivity contribution in [1.29, 1.82) is 0 Å². The summed E-state index contributed by atoms with van der Waals surface area (Å²) in [5, 5.41) is 13.7. The molecule has 5 nitrogen and oxygen atoms in total. The molecule has 0 saturated heterocycles. The molecule has 2 rings (SSSR count). The van der Waals surface area contributed by atoms with Crippen molar-refractivity contribution in [3.63, 3.8) is 0 Å². The van der Waals surface area contributed by atoms with Crippen molar-refractivity contribution >= 4 is 29.0 Å². The molecule has 102 valence electrons. The van der Waals surface area contributed by atoms with Crippen molar-refractivity contribution in [3.05, 3.63) is 28.2 Å². The third-order valence-electron chi connectivity index (χ3n) is 2.73. The summed E-state index contributed by atoms with van der Waals surface area (Å²) in [5.74, 6) is 1.20. The van der Waals surface area contributed by atoms with Gasteiger partial charge in [-0.2, -0.15) is 0 Å². The van der Waals surface area contributed by atoms with E-state index in [1.807, 2.05) is 43.0 Å². The minimum Gasteiger partial charge on any atom is -0.348 e. The first-order chi connectivity index (χ1) is 9.08. The van der Waals surface area contributed by atoms with Crippen LogP contribution in [-0.4, -0.2) is 26.4 Å². The first-order valence-corrected chi connectivity index (χ1v) is 7.76. The quantitative estimate of drug-likeness (QED) is 0.859. The fourth-order valence-electron chi connectivity index (χ4n) is 1.54. The largest absolute Gasteiger partial charge is 0.348 e. The molecule has 1 N–H and O–H groups in total. The molecule has 0 radical (unpaired) electrons. The van der Waals surface area contributed by atoms with Crippen molar-refractivity contribution in [3.8, 4) is 0 Å². The van der Waals surface area contributed by atoms with Gasteiger partial charge in [-0.05, 0) is 25.3 Å². The fourth-order valence-corrected chi connectivity index (χ4v) is 3.04. The maximum Gasteiger partial charge on any atom is 0.230 e. The first kappa shape index (κ1) is 14.1. The standard InChI is InChI=1S/C12H16N4OS2/c1-8(10-5-4-6-18-10)13-11(17)7-19-12-15-14-9(2)16(12)3/h4-6,8H,7H2,1-3H3,(H,13,17)/t8-/m1/s1. The first-order valence-electron chi connectivity index (χ1n) is 5.89. The molecule has 19 heavy (non-hydrogen) atoms. The smallest absolute Gasteiger partial charge is 0.230 e. The van der Waals surface area contributed by atoms with E-state index in [2.05, 4.69) is 15.5 Å². The molecule has 0 unspecified atom stereocenters. The number of aryl methyl sites for hydroxylation is 1. The predicted molar refractivity (Wildman–Crippen MR) is 77.3 cm³/mol. The topological polar surface area (TPSA) is 59.8 Å². The molecule has 2 aromatic rings. The van der Waals surface area contributed by atoms with Crippen molar-refractivity contribution < 1.29 is 4.79 Å². The fraction of sp³-hybridized carbons (Fsp3) is 0.417. The molecule has 1 atom stereocenters. The van der Waals surface area contributed by atoms with Crippen LogP contribution >= 0.6 is 23.1 Å².